The van der Waals surface area contributed by atoms with Gasteiger partial charge in [0.2, 0.25) is 0 Å². The van der Waals surface area contributed by atoms with Crippen LogP contribution < -0.4 is 28.4 Å². The van der Waals surface area contributed by atoms with Crippen molar-refractivity contribution < 1.29 is 33.5 Å². The molecule has 1 atom stereocenters. The quantitative estimate of drug-likeness (QED) is 0.0764. The summed E-state index contributed by atoms with van der Waals surface area (Å²) >= 11 is 0. The zero-order chi connectivity index (χ0) is 46.4. The van der Waals surface area contributed by atoms with E-state index in [2.05, 4.69) is 11.9 Å². The Labute approximate surface area is 399 Å². The van der Waals surface area contributed by atoms with Crippen LogP contribution in [-0.4, -0.2) is 29.6 Å². The van der Waals surface area contributed by atoms with E-state index in [4.69, 9.17) is 28.4 Å². The molecule has 8 heteroatoms. The minimum absolute atomic E-state index is 0.123. The van der Waals surface area contributed by atoms with Crippen molar-refractivity contribution >= 4 is 0 Å². The van der Waals surface area contributed by atoms with E-state index in [1.54, 1.807) is 0 Å². The first-order valence-electron chi connectivity index (χ1n) is 23.3. The minimum Gasteiger partial charge on any atom is -0.489 e. The highest BCUT2D eigenvalue weighted by atomic mass is 16.5. The number of likely N-dealkylation sites (N-methyl/N-ethyl adjacent to an activating group) is 1. The molecule has 8 nitrogen and oxygen atoms in total. The third-order valence-electron chi connectivity index (χ3n) is 12.3. The van der Waals surface area contributed by atoms with Crippen molar-refractivity contribution in [3.05, 3.63) is 251 Å². The number of aliphatic hydroxyl groups is 1. The van der Waals surface area contributed by atoms with E-state index in [9.17, 15) is 5.11 Å². The van der Waals surface area contributed by atoms with E-state index < -0.39 is 5.60 Å². The maximum Gasteiger partial charge on any atom is 0.130 e. The van der Waals surface area contributed by atoms with Gasteiger partial charge in [-0.3, -0.25) is 4.90 Å². The first-order chi connectivity index (χ1) is 33.4. The third-order valence-corrected chi connectivity index (χ3v) is 12.3. The van der Waals surface area contributed by atoms with Crippen LogP contribution in [0.25, 0.3) is 0 Å². The molecular formula is C60H57NO7. The van der Waals surface area contributed by atoms with Crippen molar-refractivity contribution in [2.24, 2.45) is 0 Å². The van der Waals surface area contributed by atoms with Crippen LogP contribution in [0.15, 0.2) is 206 Å². The molecule has 8 aromatic carbocycles. The number of ether oxygens (including phenoxy) is 6. The molecule has 0 saturated carbocycles. The van der Waals surface area contributed by atoms with Crippen molar-refractivity contribution in [1.29, 1.82) is 0 Å². The lowest BCUT2D eigenvalue weighted by Crippen LogP contribution is -2.46. The molecule has 344 valence electrons. The SMILES string of the molecule is CN1CCC[C@H]1C(O)(c1ccc(OCc2cc(OCc3ccccc3)cc(OCc3ccccc3)c2)cc1)c1ccc(OCc2cc(OCc3ccccc3)cc(OCc3ccccc3)c2)cc1. The fourth-order valence-electron chi connectivity index (χ4n) is 8.66. The lowest BCUT2D eigenvalue weighted by molar-refractivity contribution is 0.00461. The van der Waals surface area contributed by atoms with Crippen molar-refractivity contribution in [3.8, 4) is 34.5 Å². The van der Waals surface area contributed by atoms with E-state index in [0.717, 1.165) is 63.9 Å². The minimum atomic E-state index is -1.28. The predicted octanol–water partition coefficient (Wildman–Crippen LogP) is 12.5. The molecule has 0 amide bonds. The molecule has 0 aliphatic carbocycles. The second-order valence-electron chi connectivity index (χ2n) is 17.3. The molecule has 0 radical (unpaired) electrons. The highest BCUT2D eigenvalue weighted by molar-refractivity contribution is 5.44. The molecule has 0 aromatic heterocycles. The second kappa shape index (κ2) is 22.3. The lowest BCUT2D eigenvalue weighted by Gasteiger charge is -2.39. The number of hydrogen-bond donors (Lipinski definition) is 1. The van der Waals surface area contributed by atoms with Gasteiger partial charge in [0, 0.05) is 18.2 Å². The van der Waals surface area contributed by atoms with Crippen LogP contribution in [0.3, 0.4) is 0 Å². The Morgan fingerprint density at radius 3 is 0.971 bits per heavy atom. The Morgan fingerprint density at radius 2 is 0.676 bits per heavy atom. The van der Waals surface area contributed by atoms with Crippen LogP contribution in [0.1, 0.15) is 57.3 Å². The molecular weight excluding hydrogens is 847 g/mol. The molecule has 0 unspecified atom stereocenters. The summed E-state index contributed by atoms with van der Waals surface area (Å²) < 4.78 is 37.7. The summed E-state index contributed by atoms with van der Waals surface area (Å²) in [5, 5.41) is 12.9. The predicted molar refractivity (Wildman–Crippen MR) is 266 cm³/mol. The van der Waals surface area contributed by atoms with Gasteiger partial charge in [-0.25, -0.2) is 0 Å². The molecule has 9 rings (SSSR count). The lowest BCUT2D eigenvalue weighted by atomic mass is 9.79. The molecule has 8 aromatic rings. The van der Waals surface area contributed by atoms with Crippen LogP contribution >= 0.6 is 0 Å². The third kappa shape index (κ3) is 12.1. The van der Waals surface area contributed by atoms with E-state index >= 15 is 0 Å². The topological polar surface area (TPSA) is 78.9 Å². The van der Waals surface area contributed by atoms with Gasteiger partial charge in [-0.2, -0.15) is 0 Å². The normalized spacial score (nSPS) is 13.7. The zero-order valence-electron chi connectivity index (χ0n) is 38.4. The van der Waals surface area contributed by atoms with Gasteiger partial charge in [0.1, 0.15) is 79.7 Å². The number of benzene rings is 8. The highest BCUT2D eigenvalue weighted by Crippen LogP contribution is 2.41. The van der Waals surface area contributed by atoms with E-state index in [-0.39, 0.29) is 6.04 Å². The van der Waals surface area contributed by atoms with Gasteiger partial charge in [-0.1, -0.05) is 146 Å². The summed E-state index contributed by atoms with van der Waals surface area (Å²) in [7, 11) is 2.09. The summed E-state index contributed by atoms with van der Waals surface area (Å²) in [6.45, 7) is 3.25. The van der Waals surface area contributed by atoms with Crippen molar-refractivity contribution in [3.63, 3.8) is 0 Å². The van der Waals surface area contributed by atoms with Crippen LogP contribution in [0.2, 0.25) is 0 Å². The zero-order valence-corrected chi connectivity index (χ0v) is 38.4. The van der Waals surface area contributed by atoms with Crippen LogP contribution in [0.5, 0.6) is 34.5 Å². The summed E-state index contributed by atoms with van der Waals surface area (Å²) in [5.41, 5.74) is 6.44. The average molecular weight is 904 g/mol. The smallest absolute Gasteiger partial charge is 0.130 e. The monoisotopic (exact) mass is 903 g/mol. The van der Waals surface area contributed by atoms with Gasteiger partial charge >= 0.3 is 0 Å². The molecule has 1 aliphatic heterocycles. The largest absolute Gasteiger partial charge is 0.489 e. The molecule has 1 heterocycles. The highest BCUT2D eigenvalue weighted by Gasteiger charge is 2.44. The molecule has 1 aliphatic rings. The van der Waals surface area contributed by atoms with Gasteiger partial charge in [0.25, 0.3) is 0 Å². The summed E-state index contributed by atoms with van der Waals surface area (Å²) in [6.07, 6.45) is 1.86. The first kappa shape index (κ1) is 45.6. The van der Waals surface area contributed by atoms with Gasteiger partial charge < -0.3 is 33.5 Å². The Bertz CT molecular complexity index is 2480. The molecule has 1 saturated heterocycles. The van der Waals surface area contributed by atoms with Gasteiger partial charge in [-0.05, 0) is 119 Å². The fourth-order valence-corrected chi connectivity index (χ4v) is 8.66. The van der Waals surface area contributed by atoms with E-state index in [1.165, 1.54) is 0 Å². The first-order valence-corrected chi connectivity index (χ1v) is 23.3. The Balaban J connectivity index is 0.884. The van der Waals surface area contributed by atoms with Gasteiger partial charge in [-0.15, -0.1) is 0 Å². The Kier molecular flexibility index (Phi) is 15.0. The van der Waals surface area contributed by atoms with Gasteiger partial charge in [0.15, 0.2) is 0 Å². The number of hydrogen-bond acceptors (Lipinski definition) is 8. The maximum absolute atomic E-state index is 12.9. The van der Waals surface area contributed by atoms with Crippen LogP contribution in [0, 0.1) is 0 Å². The Morgan fingerprint density at radius 1 is 0.382 bits per heavy atom. The summed E-state index contributed by atoms with van der Waals surface area (Å²) in [4.78, 5) is 2.25. The van der Waals surface area contributed by atoms with Crippen LogP contribution in [0.4, 0.5) is 0 Å². The second-order valence-corrected chi connectivity index (χ2v) is 17.3. The molecule has 0 spiro atoms. The van der Waals surface area contributed by atoms with E-state index in [0.29, 0.717) is 74.1 Å². The molecule has 1 fully saturated rings. The van der Waals surface area contributed by atoms with E-state index in [1.807, 2.05) is 206 Å². The molecule has 68 heavy (non-hydrogen) atoms. The summed E-state index contributed by atoms with van der Waals surface area (Å²) in [6, 6.07) is 67.7. The van der Waals surface area contributed by atoms with Crippen LogP contribution in [-0.2, 0) is 45.2 Å². The number of likely N-dealkylation sites (tertiary alicyclic amines) is 1. The fraction of sp³-hybridized carbons (Fsp3) is 0.200. The van der Waals surface area contributed by atoms with Crippen molar-refractivity contribution in [1.82, 2.24) is 4.90 Å². The summed E-state index contributed by atoms with van der Waals surface area (Å²) in [5.74, 6) is 4.17. The number of nitrogens with zero attached hydrogens (tertiary/aromatic N) is 1. The van der Waals surface area contributed by atoms with Gasteiger partial charge in [0.05, 0.1) is 0 Å². The Hall–Kier alpha value is -7.52. The number of rotatable bonds is 21. The molecule has 0 bridgehead atoms. The van der Waals surface area contributed by atoms with Crippen molar-refractivity contribution in [2.45, 2.75) is 64.1 Å². The average Bonchev–Trinajstić information content (AvgIpc) is 3.84. The molecule has 1 N–H and O–H groups in total. The maximum atomic E-state index is 12.9. The van der Waals surface area contributed by atoms with Crippen molar-refractivity contribution in [2.75, 3.05) is 13.6 Å². The standard InChI is InChI=1S/C60H57NO7/c1-61-32-14-23-59(61)60(62,51-24-28-53(29-25-51)63-43-49-33-55(65-39-45-15-6-2-7-16-45)37-56(34-49)66-40-46-17-8-3-9-18-46)52-26-30-54(31-27-52)64-44-50-35-57(67-41-47-19-10-4-11-20-47)38-58(36-50)68-42-48-21-12-5-13-22-48/h2-13,15-22,24-31,33-38,59,62H,14,23,32,39-44H2,1H3/t59-/m0/s1.